The number of rotatable bonds is 4. The van der Waals surface area contributed by atoms with Crippen LogP contribution in [-0.4, -0.2) is 13.5 Å². The van der Waals surface area contributed by atoms with Gasteiger partial charge in [-0.1, -0.05) is 29.8 Å². The summed E-state index contributed by atoms with van der Waals surface area (Å²) in [5.41, 5.74) is 0.952. The normalized spacial score (nSPS) is 10.9. The molecule has 0 saturated heterocycles. The summed E-state index contributed by atoms with van der Waals surface area (Å²) in [5, 5.41) is 18.9. The van der Waals surface area contributed by atoms with E-state index in [-0.39, 0.29) is 32.6 Å². The molecular formula is C20H15NO4S. The van der Waals surface area contributed by atoms with Crippen molar-refractivity contribution in [3.8, 4) is 23.3 Å². The third kappa shape index (κ3) is 3.39. The fourth-order valence-corrected chi connectivity index (χ4v) is 3.70. The van der Waals surface area contributed by atoms with Crippen LogP contribution >= 0.6 is 0 Å². The second kappa shape index (κ2) is 6.90. The number of nitrogens with zero attached hydrogens (tertiary/aromatic N) is 1. The van der Waals surface area contributed by atoms with Gasteiger partial charge in [0.05, 0.1) is 9.79 Å². The fourth-order valence-electron chi connectivity index (χ4n) is 2.40. The largest absolute Gasteiger partial charge is 0.506 e. The topological polar surface area (TPSA) is 87.4 Å². The van der Waals surface area contributed by atoms with E-state index in [1.807, 2.05) is 13.0 Å². The Morgan fingerprint density at radius 1 is 0.962 bits per heavy atom. The Kier molecular flexibility index (Phi) is 4.65. The van der Waals surface area contributed by atoms with E-state index in [0.717, 1.165) is 5.56 Å². The summed E-state index contributed by atoms with van der Waals surface area (Å²) in [6.07, 6.45) is 0. The van der Waals surface area contributed by atoms with E-state index in [9.17, 15) is 13.5 Å². The third-order valence-electron chi connectivity index (χ3n) is 3.79. The van der Waals surface area contributed by atoms with Crippen LogP contribution in [0.15, 0.2) is 76.5 Å². The van der Waals surface area contributed by atoms with Gasteiger partial charge in [-0.25, -0.2) is 8.42 Å². The lowest BCUT2D eigenvalue weighted by molar-refractivity contribution is 0.451. The zero-order valence-corrected chi connectivity index (χ0v) is 14.7. The number of hydrogen-bond donors (Lipinski definition) is 1. The van der Waals surface area contributed by atoms with Crippen LogP contribution in [0.2, 0.25) is 0 Å². The van der Waals surface area contributed by atoms with E-state index in [2.05, 4.69) is 0 Å². The van der Waals surface area contributed by atoms with Crippen LogP contribution in [0.25, 0.3) is 0 Å². The first-order valence-electron chi connectivity index (χ1n) is 7.73. The molecule has 26 heavy (non-hydrogen) atoms. The van der Waals surface area contributed by atoms with Crippen molar-refractivity contribution < 1.29 is 18.3 Å². The van der Waals surface area contributed by atoms with Crippen molar-refractivity contribution in [2.24, 2.45) is 0 Å². The number of nitriles is 1. The van der Waals surface area contributed by atoms with Crippen molar-refractivity contribution in [3.05, 3.63) is 77.9 Å². The number of benzene rings is 3. The second-order valence-corrected chi connectivity index (χ2v) is 7.61. The first kappa shape index (κ1) is 17.5. The van der Waals surface area contributed by atoms with Gasteiger partial charge in [-0.15, -0.1) is 0 Å². The highest BCUT2D eigenvalue weighted by molar-refractivity contribution is 7.91. The number of aromatic hydroxyl groups is 1. The predicted molar refractivity (Wildman–Crippen MR) is 96.0 cm³/mol. The molecule has 0 radical (unpaired) electrons. The lowest BCUT2D eigenvalue weighted by Gasteiger charge is -2.10. The zero-order valence-electron chi connectivity index (χ0n) is 13.9. The molecule has 0 heterocycles. The molecule has 1 N–H and O–H groups in total. The Bertz CT molecular complexity index is 1100. The second-order valence-electron chi connectivity index (χ2n) is 5.66. The maximum absolute atomic E-state index is 12.8. The van der Waals surface area contributed by atoms with E-state index in [1.165, 1.54) is 24.3 Å². The van der Waals surface area contributed by atoms with E-state index < -0.39 is 9.84 Å². The van der Waals surface area contributed by atoms with Crippen LogP contribution < -0.4 is 4.74 Å². The lowest BCUT2D eigenvalue weighted by atomic mass is 10.2. The molecule has 0 fully saturated rings. The van der Waals surface area contributed by atoms with Gasteiger partial charge in [0.15, 0.2) is 0 Å². The Balaban J connectivity index is 1.98. The van der Waals surface area contributed by atoms with Crippen LogP contribution in [0.3, 0.4) is 0 Å². The number of sulfone groups is 1. The molecule has 0 atom stereocenters. The van der Waals surface area contributed by atoms with Crippen LogP contribution in [-0.2, 0) is 9.84 Å². The Labute approximate surface area is 151 Å². The van der Waals surface area contributed by atoms with Gasteiger partial charge in [-0.05, 0) is 49.4 Å². The van der Waals surface area contributed by atoms with Gasteiger partial charge >= 0.3 is 0 Å². The smallest absolute Gasteiger partial charge is 0.206 e. The van der Waals surface area contributed by atoms with Gasteiger partial charge in [-0.2, -0.15) is 5.26 Å². The Hall–Kier alpha value is -3.30. The average Bonchev–Trinajstić information content (AvgIpc) is 2.62. The molecule has 0 aromatic heterocycles. The molecule has 0 amide bonds. The summed E-state index contributed by atoms with van der Waals surface area (Å²) in [7, 11) is -3.69. The minimum absolute atomic E-state index is 0.0145. The van der Waals surface area contributed by atoms with E-state index in [0.29, 0.717) is 0 Å². The summed E-state index contributed by atoms with van der Waals surface area (Å²) < 4.78 is 31.2. The van der Waals surface area contributed by atoms with Crippen molar-refractivity contribution in [1.29, 1.82) is 5.26 Å². The fraction of sp³-hybridized carbons (Fsp3) is 0.0500. The minimum Gasteiger partial charge on any atom is -0.506 e. The van der Waals surface area contributed by atoms with Gasteiger partial charge in [0, 0.05) is 0 Å². The van der Waals surface area contributed by atoms with E-state index in [4.69, 9.17) is 10.00 Å². The van der Waals surface area contributed by atoms with Crippen LogP contribution in [0, 0.1) is 18.3 Å². The Morgan fingerprint density at radius 2 is 1.65 bits per heavy atom. The zero-order chi connectivity index (χ0) is 18.7. The van der Waals surface area contributed by atoms with Gasteiger partial charge in [0.25, 0.3) is 0 Å². The van der Waals surface area contributed by atoms with Gasteiger partial charge in [0.1, 0.15) is 28.9 Å². The summed E-state index contributed by atoms with van der Waals surface area (Å²) in [6.45, 7) is 1.88. The molecule has 0 unspecified atom stereocenters. The van der Waals surface area contributed by atoms with Gasteiger partial charge < -0.3 is 9.84 Å². The highest BCUT2D eigenvalue weighted by Gasteiger charge is 2.18. The summed E-state index contributed by atoms with van der Waals surface area (Å²) in [6, 6.07) is 18.9. The molecule has 0 aliphatic carbocycles. The molecule has 0 bridgehead atoms. The number of phenolic OH excluding ortho intramolecular Hbond substituents is 1. The molecule has 0 aliphatic heterocycles. The van der Waals surface area contributed by atoms with Gasteiger partial charge in [-0.3, -0.25) is 0 Å². The monoisotopic (exact) mass is 365 g/mol. The molecule has 0 aliphatic rings. The lowest BCUT2D eigenvalue weighted by Crippen LogP contribution is -2.02. The van der Waals surface area contributed by atoms with Crippen molar-refractivity contribution in [3.63, 3.8) is 0 Å². The van der Waals surface area contributed by atoms with Crippen molar-refractivity contribution in [2.75, 3.05) is 0 Å². The van der Waals surface area contributed by atoms with Crippen molar-refractivity contribution in [1.82, 2.24) is 0 Å². The molecule has 130 valence electrons. The van der Waals surface area contributed by atoms with E-state index >= 15 is 0 Å². The molecule has 5 nitrogen and oxygen atoms in total. The molecule has 3 aromatic carbocycles. The third-order valence-corrected chi connectivity index (χ3v) is 5.56. The molecule has 3 rings (SSSR count). The van der Waals surface area contributed by atoms with E-state index in [1.54, 1.807) is 42.5 Å². The number of aryl methyl sites for hydroxylation is 1. The molecule has 6 heteroatoms. The van der Waals surface area contributed by atoms with Crippen molar-refractivity contribution in [2.45, 2.75) is 16.7 Å². The first-order valence-corrected chi connectivity index (χ1v) is 9.22. The van der Waals surface area contributed by atoms with Gasteiger partial charge in [0.2, 0.25) is 9.84 Å². The summed E-state index contributed by atoms with van der Waals surface area (Å²) in [4.78, 5) is 0.271. The standard InChI is InChI=1S/C20H15NO4S/c1-14-8-10-16(11-9-14)26(23,24)17-5-2-4-15(12-17)25-20-7-3-6-19(22)18(20)13-21/h2-12,22H,1H3. The maximum atomic E-state index is 12.8. The van der Waals surface area contributed by atoms with Crippen molar-refractivity contribution >= 4 is 9.84 Å². The average molecular weight is 365 g/mol. The SMILES string of the molecule is Cc1ccc(S(=O)(=O)c2cccc(Oc3cccc(O)c3C#N)c2)cc1. The number of phenols is 1. The molecule has 0 saturated carbocycles. The molecule has 0 spiro atoms. The molecule has 3 aromatic rings. The van der Waals surface area contributed by atoms with Crippen LogP contribution in [0.4, 0.5) is 0 Å². The quantitative estimate of drug-likeness (QED) is 0.749. The highest BCUT2D eigenvalue weighted by Crippen LogP contribution is 2.32. The van der Waals surface area contributed by atoms with Crippen LogP contribution in [0.1, 0.15) is 11.1 Å². The predicted octanol–water partition coefficient (Wildman–Crippen LogP) is 4.20. The first-order chi connectivity index (χ1) is 12.4. The summed E-state index contributed by atoms with van der Waals surface area (Å²) >= 11 is 0. The minimum atomic E-state index is -3.69. The number of hydrogen-bond acceptors (Lipinski definition) is 5. The highest BCUT2D eigenvalue weighted by atomic mass is 32.2. The summed E-state index contributed by atoms with van der Waals surface area (Å²) in [5.74, 6) is 0.200. The molecular weight excluding hydrogens is 350 g/mol. The maximum Gasteiger partial charge on any atom is 0.206 e. The number of ether oxygens (including phenoxy) is 1. The van der Waals surface area contributed by atoms with Crippen LogP contribution in [0.5, 0.6) is 17.2 Å². The Morgan fingerprint density at radius 3 is 2.35 bits per heavy atom.